The number of ether oxygens (including phenoxy) is 1. The van der Waals surface area contributed by atoms with Gasteiger partial charge in [0.25, 0.3) is 0 Å². The van der Waals surface area contributed by atoms with E-state index in [0.717, 1.165) is 60.4 Å². The van der Waals surface area contributed by atoms with Crippen LogP contribution in [0.1, 0.15) is 219 Å². The van der Waals surface area contributed by atoms with Crippen molar-refractivity contribution in [1.82, 2.24) is 0 Å². The second-order valence-electron chi connectivity index (χ2n) is 23.7. The van der Waals surface area contributed by atoms with E-state index in [4.69, 9.17) is 23.2 Å². The first-order valence-electron chi connectivity index (χ1n) is 28.0. The minimum Gasteiger partial charge on any atom is -0.292 e. The lowest BCUT2D eigenvalue weighted by Gasteiger charge is -2.25. The zero-order valence-corrected chi connectivity index (χ0v) is 52.4. The molecule has 78 heavy (non-hydrogen) atoms. The molecule has 17 heteroatoms. The molecule has 0 aliphatic heterocycles. The van der Waals surface area contributed by atoms with Gasteiger partial charge in [-0.05, 0) is 134 Å². The van der Waals surface area contributed by atoms with E-state index in [1.807, 2.05) is 55.4 Å². The Morgan fingerprint density at radius 3 is 1.26 bits per heavy atom. The summed E-state index contributed by atoms with van der Waals surface area (Å²) in [5.41, 5.74) is 0.271. The van der Waals surface area contributed by atoms with Gasteiger partial charge >= 0.3 is 24.9 Å². The molecule has 0 heterocycles. The van der Waals surface area contributed by atoms with Crippen LogP contribution < -0.4 is 0 Å². The fourth-order valence-electron chi connectivity index (χ4n) is 7.32. The van der Waals surface area contributed by atoms with Crippen molar-refractivity contribution in [1.29, 1.82) is 0 Å². The van der Waals surface area contributed by atoms with Crippen LogP contribution in [0.4, 0.5) is 61.5 Å². The molecule has 1 aliphatic carbocycles. The molecule has 1 aliphatic rings. The number of halogens is 16. The maximum atomic E-state index is 13.0. The Bertz CT molecular complexity index is 1650. The Hall–Kier alpha value is -2.00. The number of benzene rings is 2. The molecule has 2 atom stereocenters. The minimum absolute atomic E-state index is 0.134. The van der Waals surface area contributed by atoms with E-state index < -0.39 is 54.4 Å². The van der Waals surface area contributed by atoms with Crippen LogP contribution in [0.25, 0.3) is 0 Å². The predicted molar refractivity (Wildman–Crippen MR) is 302 cm³/mol. The first-order valence-corrected chi connectivity index (χ1v) is 28.9. The summed E-state index contributed by atoms with van der Waals surface area (Å²) < 4.78 is 171. The van der Waals surface area contributed by atoms with Gasteiger partial charge in [-0.2, -0.15) is 39.5 Å². The van der Waals surface area contributed by atoms with Crippen molar-refractivity contribution in [3.05, 3.63) is 69.7 Å². The standard InChI is InChI=1S/C11H12ClF3.C10H12F2.C9H15F3.C8H18.C6H13Cl.C6H11F3O.C6H14.C5H9F3/c1-7(2)5-8-3-4-9(10(12)6-8)11(13,14)15;1-7(2)6-8-9(11)4-3-5-10(8)12;1-6(2)7-4-3-5-8(7)9(10,11)12;1-7(2)5-6-8(3)4;1-6(2)4-3-5-7;1-5(2)3-4-10-6(7,8)9;1-4-5-6(2)3;1-4(2)3-5(6,7)8/h3-4,6-7H,5H2,1-2H3;3-5,7H,6H2,1-2H3;6-8H,3-5H2,1-2H3;7-8H,5-6H2,1-4H3;6H,3-5H2,1-2H3;5H,3-4H2,1-2H3;6H,4-5H2,1-3H3;4H,3H2,1-2H3. The van der Waals surface area contributed by atoms with Crippen LogP contribution in [0, 0.1) is 76.7 Å². The largest absolute Gasteiger partial charge is 0.522 e. The van der Waals surface area contributed by atoms with Crippen molar-refractivity contribution in [2.45, 2.75) is 240 Å². The van der Waals surface area contributed by atoms with E-state index in [1.165, 1.54) is 68.9 Å². The molecule has 1 fully saturated rings. The van der Waals surface area contributed by atoms with Crippen molar-refractivity contribution in [3.8, 4) is 0 Å². The van der Waals surface area contributed by atoms with Gasteiger partial charge in [0, 0.05) is 17.9 Å². The van der Waals surface area contributed by atoms with Gasteiger partial charge in [0.2, 0.25) is 0 Å². The molecule has 0 radical (unpaired) electrons. The van der Waals surface area contributed by atoms with Gasteiger partial charge in [0.05, 0.1) is 23.1 Å². The lowest BCUT2D eigenvalue weighted by atomic mass is 9.86. The molecule has 0 N–H and O–H groups in total. The van der Waals surface area contributed by atoms with Crippen molar-refractivity contribution < 1.29 is 66.2 Å². The molecule has 2 unspecified atom stereocenters. The lowest BCUT2D eigenvalue weighted by molar-refractivity contribution is -0.325. The van der Waals surface area contributed by atoms with E-state index in [2.05, 4.69) is 67.1 Å². The van der Waals surface area contributed by atoms with Crippen molar-refractivity contribution >= 4 is 23.2 Å². The van der Waals surface area contributed by atoms with Crippen LogP contribution in [0.5, 0.6) is 0 Å². The number of alkyl halides is 13. The van der Waals surface area contributed by atoms with Crippen molar-refractivity contribution in [3.63, 3.8) is 0 Å². The third kappa shape index (κ3) is 57.2. The first-order chi connectivity index (χ1) is 35.3. The number of hydrogen-bond acceptors (Lipinski definition) is 1. The van der Waals surface area contributed by atoms with E-state index >= 15 is 0 Å². The Labute approximate surface area is 474 Å². The summed E-state index contributed by atoms with van der Waals surface area (Å²) in [6.07, 6.45) is -6.07. The van der Waals surface area contributed by atoms with Crippen LogP contribution in [0.3, 0.4) is 0 Å². The fourth-order valence-corrected chi connectivity index (χ4v) is 7.78. The summed E-state index contributed by atoms with van der Waals surface area (Å²) in [5, 5.41) is -0.222. The number of hydrogen-bond donors (Lipinski definition) is 0. The maximum Gasteiger partial charge on any atom is 0.522 e. The molecule has 1 nitrogen and oxygen atoms in total. The molecular formula is C61H104Cl2F14O. The van der Waals surface area contributed by atoms with E-state index in [-0.39, 0.29) is 46.8 Å². The minimum atomic E-state index is -4.46. The van der Waals surface area contributed by atoms with Crippen LogP contribution in [-0.4, -0.2) is 31.2 Å². The van der Waals surface area contributed by atoms with Gasteiger partial charge in [0.15, 0.2) is 0 Å². The first kappa shape index (κ1) is 84.8. The van der Waals surface area contributed by atoms with Gasteiger partial charge in [-0.1, -0.05) is 187 Å². The van der Waals surface area contributed by atoms with Gasteiger partial charge < -0.3 is 0 Å². The normalized spacial score (nSPS) is 14.6. The van der Waals surface area contributed by atoms with Crippen LogP contribution in [0.15, 0.2) is 36.4 Å². The van der Waals surface area contributed by atoms with Crippen LogP contribution in [-0.2, 0) is 23.8 Å². The number of rotatable bonds is 17. The van der Waals surface area contributed by atoms with E-state index in [9.17, 15) is 61.5 Å². The summed E-state index contributed by atoms with van der Waals surface area (Å²) in [5.74, 6) is 3.07. The summed E-state index contributed by atoms with van der Waals surface area (Å²) in [6.45, 7) is 38.5. The summed E-state index contributed by atoms with van der Waals surface area (Å²) in [7, 11) is 0. The lowest BCUT2D eigenvalue weighted by Crippen LogP contribution is -2.28. The molecule has 0 bridgehead atoms. The van der Waals surface area contributed by atoms with Gasteiger partial charge in [0.1, 0.15) is 11.6 Å². The van der Waals surface area contributed by atoms with Gasteiger partial charge in [-0.25, -0.2) is 8.78 Å². The molecule has 0 amide bonds. The topological polar surface area (TPSA) is 9.23 Å². The Kier molecular flexibility index (Phi) is 49.5. The van der Waals surface area contributed by atoms with Crippen LogP contribution in [0.2, 0.25) is 5.02 Å². The second-order valence-corrected chi connectivity index (χ2v) is 24.4. The van der Waals surface area contributed by atoms with E-state index in [1.54, 1.807) is 13.8 Å². The van der Waals surface area contributed by atoms with Gasteiger partial charge in [-0.3, -0.25) is 4.74 Å². The summed E-state index contributed by atoms with van der Waals surface area (Å²) in [6, 6.07) is 7.88. The average molecular weight is 1190 g/mol. The summed E-state index contributed by atoms with van der Waals surface area (Å²) in [4.78, 5) is 0. The van der Waals surface area contributed by atoms with E-state index in [0.29, 0.717) is 25.2 Å². The molecule has 2 aromatic carbocycles. The van der Waals surface area contributed by atoms with Gasteiger partial charge in [-0.15, -0.1) is 24.8 Å². The molecule has 0 aromatic heterocycles. The maximum absolute atomic E-state index is 13.0. The smallest absolute Gasteiger partial charge is 0.292 e. The third-order valence-corrected chi connectivity index (χ3v) is 11.8. The van der Waals surface area contributed by atoms with Crippen molar-refractivity contribution in [2.75, 3.05) is 12.5 Å². The molecule has 1 saturated carbocycles. The molecule has 3 rings (SSSR count). The summed E-state index contributed by atoms with van der Waals surface area (Å²) >= 11 is 11.0. The predicted octanol–water partition coefficient (Wildman–Crippen LogP) is 24.7. The third-order valence-electron chi connectivity index (χ3n) is 11.2. The highest BCUT2D eigenvalue weighted by Gasteiger charge is 2.47. The highest BCUT2D eigenvalue weighted by atomic mass is 35.5. The fraction of sp³-hybridized carbons (Fsp3) is 0.803. The Morgan fingerprint density at radius 2 is 1.00 bits per heavy atom. The molecule has 2 aromatic rings. The Balaban J connectivity index is -0.000000265. The highest BCUT2D eigenvalue weighted by molar-refractivity contribution is 6.31. The SMILES string of the molecule is CC(C)C1CCCC1C(F)(F)F.CC(C)CC(F)(F)F.CC(C)CCC(C)C.CC(C)CCCCl.CC(C)CCOC(F)(F)F.CC(C)Cc1c(F)cccc1F.CC(C)Cc1ccc(C(F)(F)F)c(Cl)c1.CCCC(C)C. The zero-order chi connectivity index (χ0) is 62.4. The highest BCUT2D eigenvalue weighted by Crippen LogP contribution is 2.46. The monoisotopic (exact) mass is 1190 g/mol. The van der Waals surface area contributed by atoms with Crippen LogP contribution >= 0.6 is 23.2 Å². The van der Waals surface area contributed by atoms with Crippen molar-refractivity contribution in [2.24, 2.45) is 65.1 Å². The molecule has 466 valence electrons. The zero-order valence-electron chi connectivity index (χ0n) is 50.9. The Morgan fingerprint density at radius 1 is 0.551 bits per heavy atom. The molecular weight excluding hydrogens is 1090 g/mol. The average Bonchev–Trinajstić information content (AvgIpc) is 3.75. The molecule has 0 spiro atoms. The second kappa shape index (κ2) is 45.5. The molecule has 0 saturated heterocycles. The quantitative estimate of drug-likeness (QED) is 0.113.